The standard InChI is InChI=1S/C14H24N2O2.C2H6/c1-6-16(5)9-7-8-15-11-10(14(2,3)4)12(17)13(11)18;1-2/h15H,6-9H2,1-5H3;1-2H3. The van der Waals surface area contributed by atoms with Gasteiger partial charge in [0.15, 0.2) is 0 Å². The monoisotopic (exact) mass is 282 g/mol. The van der Waals surface area contributed by atoms with Crippen molar-refractivity contribution >= 4 is 5.69 Å². The van der Waals surface area contributed by atoms with Crippen molar-refractivity contribution in [1.82, 2.24) is 4.90 Å². The van der Waals surface area contributed by atoms with E-state index in [2.05, 4.69) is 24.2 Å². The van der Waals surface area contributed by atoms with Crippen LogP contribution in [0.15, 0.2) is 9.59 Å². The third kappa shape index (κ3) is 4.75. The van der Waals surface area contributed by atoms with Crippen LogP contribution in [0, 0.1) is 0 Å². The molecule has 0 saturated carbocycles. The van der Waals surface area contributed by atoms with Crippen LogP contribution >= 0.6 is 0 Å². The smallest absolute Gasteiger partial charge is 0.249 e. The highest BCUT2D eigenvalue weighted by Crippen LogP contribution is 2.25. The SMILES string of the molecule is CC.CCN(C)CCCNc1c(C(C)(C)C)c(=O)c1=O. The maximum atomic E-state index is 11.6. The average molecular weight is 282 g/mol. The molecule has 20 heavy (non-hydrogen) atoms. The summed E-state index contributed by atoms with van der Waals surface area (Å²) in [6.07, 6.45) is 0.965. The Morgan fingerprint density at radius 3 is 2.10 bits per heavy atom. The molecule has 0 unspecified atom stereocenters. The van der Waals surface area contributed by atoms with Crippen LogP contribution < -0.4 is 16.2 Å². The molecule has 0 atom stereocenters. The summed E-state index contributed by atoms with van der Waals surface area (Å²) >= 11 is 0. The lowest BCUT2D eigenvalue weighted by Crippen LogP contribution is -2.43. The van der Waals surface area contributed by atoms with Gasteiger partial charge in [-0.1, -0.05) is 41.5 Å². The van der Waals surface area contributed by atoms with Gasteiger partial charge in [-0.15, -0.1) is 0 Å². The van der Waals surface area contributed by atoms with Gasteiger partial charge in [0, 0.05) is 12.1 Å². The quantitative estimate of drug-likeness (QED) is 0.643. The fraction of sp³-hybridized carbons (Fsp3) is 0.750. The molecule has 1 aromatic rings. The molecule has 0 fully saturated rings. The van der Waals surface area contributed by atoms with Crippen LogP contribution in [0.25, 0.3) is 0 Å². The molecule has 0 aliphatic carbocycles. The molecule has 0 amide bonds. The molecular formula is C16H30N2O2. The first-order chi connectivity index (χ1) is 9.29. The highest BCUT2D eigenvalue weighted by atomic mass is 16.2. The Labute approximate surface area is 122 Å². The minimum absolute atomic E-state index is 0.256. The van der Waals surface area contributed by atoms with E-state index in [1.165, 1.54) is 0 Å². The van der Waals surface area contributed by atoms with E-state index < -0.39 is 0 Å². The molecule has 0 heterocycles. The predicted octanol–water partition coefficient (Wildman–Crippen LogP) is 2.36. The molecule has 0 aromatic heterocycles. The van der Waals surface area contributed by atoms with Crippen LogP contribution in [0.2, 0.25) is 0 Å². The minimum Gasteiger partial charge on any atom is -0.381 e. The van der Waals surface area contributed by atoms with Gasteiger partial charge in [0.05, 0.1) is 5.69 Å². The molecule has 0 bridgehead atoms. The van der Waals surface area contributed by atoms with E-state index in [9.17, 15) is 9.59 Å². The van der Waals surface area contributed by atoms with Crippen molar-refractivity contribution in [3.63, 3.8) is 0 Å². The van der Waals surface area contributed by atoms with Gasteiger partial charge < -0.3 is 10.2 Å². The summed E-state index contributed by atoms with van der Waals surface area (Å²) < 4.78 is 0. The molecule has 0 aliphatic rings. The van der Waals surface area contributed by atoms with Crippen LogP contribution in [0.1, 0.15) is 53.5 Å². The Hall–Kier alpha value is -1.16. The van der Waals surface area contributed by atoms with Gasteiger partial charge in [-0.05, 0) is 32.0 Å². The average Bonchev–Trinajstić information content (AvgIpc) is 2.41. The Morgan fingerprint density at radius 1 is 1.10 bits per heavy atom. The predicted molar refractivity (Wildman–Crippen MR) is 87.7 cm³/mol. The fourth-order valence-corrected chi connectivity index (χ4v) is 2.00. The molecule has 0 spiro atoms. The van der Waals surface area contributed by atoms with E-state index >= 15 is 0 Å². The topological polar surface area (TPSA) is 49.4 Å². The molecule has 0 saturated heterocycles. The highest BCUT2D eigenvalue weighted by Gasteiger charge is 2.29. The van der Waals surface area contributed by atoms with E-state index in [1.807, 2.05) is 34.6 Å². The van der Waals surface area contributed by atoms with Crippen LogP contribution in [0.5, 0.6) is 0 Å². The number of nitrogens with zero attached hydrogens (tertiary/aromatic N) is 1. The number of hydrogen-bond acceptors (Lipinski definition) is 4. The summed E-state index contributed by atoms with van der Waals surface area (Å²) in [4.78, 5) is 25.3. The van der Waals surface area contributed by atoms with Crippen LogP contribution in [0.4, 0.5) is 5.69 Å². The second-order valence-electron chi connectivity index (χ2n) is 5.83. The van der Waals surface area contributed by atoms with Crippen LogP contribution in [-0.4, -0.2) is 31.6 Å². The van der Waals surface area contributed by atoms with E-state index in [4.69, 9.17) is 0 Å². The van der Waals surface area contributed by atoms with Crippen molar-refractivity contribution in [2.45, 2.75) is 53.4 Å². The molecule has 1 rings (SSSR count). The van der Waals surface area contributed by atoms with Gasteiger partial charge in [-0.2, -0.15) is 0 Å². The van der Waals surface area contributed by atoms with Gasteiger partial charge in [-0.25, -0.2) is 0 Å². The van der Waals surface area contributed by atoms with Gasteiger partial charge in [0.2, 0.25) is 10.9 Å². The van der Waals surface area contributed by atoms with Crippen LogP contribution in [0.3, 0.4) is 0 Å². The lowest BCUT2D eigenvalue weighted by Gasteiger charge is -2.24. The van der Waals surface area contributed by atoms with Gasteiger partial charge in [-0.3, -0.25) is 9.59 Å². The van der Waals surface area contributed by atoms with E-state index in [-0.39, 0.29) is 16.3 Å². The van der Waals surface area contributed by atoms with E-state index in [0.717, 1.165) is 26.1 Å². The molecule has 116 valence electrons. The third-order valence-corrected chi connectivity index (χ3v) is 3.22. The maximum absolute atomic E-state index is 11.6. The number of anilines is 1. The third-order valence-electron chi connectivity index (χ3n) is 3.22. The van der Waals surface area contributed by atoms with Crippen molar-refractivity contribution in [3.8, 4) is 0 Å². The summed E-state index contributed by atoms with van der Waals surface area (Å²) in [5.74, 6) is 0. The second kappa shape index (κ2) is 8.20. The first-order valence-electron chi connectivity index (χ1n) is 7.55. The molecule has 4 heteroatoms. The van der Waals surface area contributed by atoms with Crippen LogP contribution in [-0.2, 0) is 5.41 Å². The zero-order chi connectivity index (χ0) is 15.9. The summed E-state index contributed by atoms with van der Waals surface area (Å²) in [7, 11) is 2.07. The van der Waals surface area contributed by atoms with E-state index in [1.54, 1.807) is 0 Å². The Balaban J connectivity index is 0.00000172. The Morgan fingerprint density at radius 2 is 1.65 bits per heavy atom. The fourth-order valence-electron chi connectivity index (χ4n) is 2.00. The second-order valence-corrected chi connectivity index (χ2v) is 5.83. The molecule has 4 nitrogen and oxygen atoms in total. The summed E-state index contributed by atoms with van der Waals surface area (Å²) in [6.45, 7) is 14.7. The minimum atomic E-state index is -0.358. The zero-order valence-corrected chi connectivity index (χ0v) is 14.1. The normalized spacial score (nSPS) is 11.4. The lowest BCUT2D eigenvalue weighted by molar-refractivity contribution is 0.351. The number of nitrogens with one attached hydrogen (secondary N) is 1. The number of hydrogen-bond donors (Lipinski definition) is 1. The van der Waals surface area contributed by atoms with Gasteiger partial charge in [0.1, 0.15) is 0 Å². The lowest BCUT2D eigenvalue weighted by atomic mass is 9.82. The molecule has 1 N–H and O–H groups in total. The van der Waals surface area contributed by atoms with Crippen molar-refractivity contribution in [1.29, 1.82) is 0 Å². The summed E-state index contributed by atoms with van der Waals surface area (Å²) in [5, 5.41) is 3.12. The molecule has 0 aliphatic heterocycles. The summed E-state index contributed by atoms with van der Waals surface area (Å²) in [6, 6.07) is 0. The van der Waals surface area contributed by atoms with Crippen molar-refractivity contribution < 1.29 is 0 Å². The first-order valence-corrected chi connectivity index (χ1v) is 7.55. The van der Waals surface area contributed by atoms with Crippen molar-refractivity contribution in [2.24, 2.45) is 0 Å². The maximum Gasteiger partial charge on any atom is 0.249 e. The Kier molecular flexibility index (Phi) is 7.72. The first kappa shape index (κ1) is 18.8. The Bertz CT molecular complexity index is 465. The molecule has 0 radical (unpaired) electrons. The van der Waals surface area contributed by atoms with Crippen molar-refractivity contribution in [3.05, 3.63) is 26.0 Å². The van der Waals surface area contributed by atoms with Crippen molar-refractivity contribution in [2.75, 3.05) is 32.0 Å². The molecule has 1 aromatic carbocycles. The largest absolute Gasteiger partial charge is 0.381 e. The molecular weight excluding hydrogens is 252 g/mol. The van der Waals surface area contributed by atoms with Gasteiger partial charge >= 0.3 is 0 Å². The number of rotatable bonds is 6. The summed E-state index contributed by atoms with van der Waals surface area (Å²) in [5.41, 5.74) is 0.246. The van der Waals surface area contributed by atoms with E-state index in [0.29, 0.717) is 11.3 Å². The zero-order valence-electron chi connectivity index (χ0n) is 14.1. The van der Waals surface area contributed by atoms with Gasteiger partial charge in [0.25, 0.3) is 0 Å². The highest BCUT2D eigenvalue weighted by molar-refractivity contribution is 5.59.